The molecule has 2 rings (SSSR count). The number of nitrogens with one attached hydrogen (secondary N) is 1. The number of rotatable bonds is 8. The van der Waals surface area contributed by atoms with E-state index in [4.69, 9.17) is 4.74 Å². The van der Waals surface area contributed by atoms with E-state index in [1.165, 1.54) is 24.5 Å². The number of amides is 2. The average molecular weight is 368 g/mol. The van der Waals surface area contributed by atoms with Crippen LogP contribution in [0.2, 0.25) is 0 Å². The summed E-state index contributed by atoms with van der Waals surface area (Å²) in [4.78, 5) is 37.5. The number of benzene rings is 2. The molecule has 2 aromatic carbocycles. The van der Waals surface area contributed by atoms with Gasteiger partial charge in [0.2, 0.25) is 11.8 Å². The van der Waals surface area contributed by atoms with Crippen LogP contribution in [0.25, 0.3) is 0 Å². The van der Waals surface area contributed by atoms with E-state index in [0.29, 0.717) is 12.2 Å². The van der Waals surface area contributed by atoms with Gasteiger partial charge in [0, 0.05) is 13.5 Å². The number of nitrogens with zero attached hydrogens (tertiary/aromatic N) is 1. The van der Waals surface area contributed by atoms with Gasteiger partial charge in [-0.1, -0.05) is 42.5 Å². The molecule has 0 spiro atoms. The largest absolute Gasteiger partial charge is 0.465 e. The van der Waals surface area contributed by atoms with Crippen molar-refractivity contribution in [2.75, 3.05) is 25.5 Å². The van der Waals surface area contributed by atoms with Crippen molar-refractivity contribution in [3.8, 4) is 0 Å². The van der Waals surface area contributed by atoms with Crippen molar-refractivity contribution >= 4 is 23.5 Å². The summed E-state index contributed by atoms with van der Waals surface area (Å²) in [5, 5.41) is 2.69. The molecule has 0 radical (unpaired) electrons. The van der Waals surface area contributed by atoms with Crippen molar-refractivity contribution in [2.24, 2.45) is 0 Å². The Labute approximate surface area is 159 Å². The highest BCUT2D eigenvalue weighted by atomic mass is 16.5. The Kier molecular flexibility index (Phi) is 7.55. The Bertz CT molecular complexity index is 790. The van der Waals surface area contributed by atoms with E-state index in [2.05, 4.69) is 5.32 Å². The van der Waals surface area contributed by atoms with Crippen LogP contribution < -0.4 is 5.32 Å². The van der Waals surface area contributed by atoms with Gasteiger partial charge in [-0.25, -0.2) is 4.79 Å². The topological polar surface area (TPSA) is 75.7 Å². The van der Waals surface area contributed by atoms with E-state index in [-0.39, 0.29) is 23.9 Å². The fourth-order valence-corrected chi connectivity index (χ4v) is 2.71. The first kappa shape index (κ1) is 20.2. The summed E-state index contributed by atoms with van der Waals surface area (Å²) < 4.78 is 4.72. The van der Waals surface area contributed by atoms with Gasteiger partial charge in [0.15, 0.2) is 0 Å². The van der Waals surface area contributed by atoms with Gasteiger partial charge in [-0.15, -0.1) is 0 Å². The number of ether oxygens (including phenoxy) is 1. The molecule has 6 nitrogen and oxygen atoms in total. The van der Waals surface area contributed by atoms with Crippen LogP contribution in [0.1, 0.15) is 29.3 Å². The molecule has 0 bridgehead atoms. The Morgan fingerprint density at radius 1 is 1.00 bits per heavy atom. The van der Waals surface area contributed by atoms with Crippen LogP contribution >= 0.6 is 0 Å². The van der Waals surface area contributed by atoms with E-state index >= 15 is 0 Å². The fraction of sp³-hybridized carbons (Fsp3) is 0.286. The number of aryl methyl sites for hydroxylation is 1. The van der Waals surface area contributed by atoms with Crippen LogP contribution in [0, 0.1) is 0 Å². The lowest BCUT2D eigenvalue weighted by Gasteiger charge is -2.21. The van der Waals surface area contributed by atoms with Crippen LogP contribution in [0.5, 0.6) is 0 Å². The third-order valence-electron chi connectivity index (χ3n) is 4.12. The molecule has 0 aliphatic rings. The molecule has 0 unspecified atom stereocenters. The second-order valence-electron chi connectivity index (χ2n) is 6.12. The molecule has 0 aromatic heterocycles. The van der Waals surface area contributed by atoms with E-state index < -0.39 is 5.97 Å². The maximum absolute atomic E-state index is 12.4. The molecule has 0 saturated heterocycles. The molecule has 27 heavy (non-hydrogen) atoms. The molecule has 6 heteroatoms. The lowest BCUT2D eigenvalue weighted by molar-refractivity contribution is -0.132. The Hall–Kier alpha value is -3.15. The Morgan fingerprint density at radius 2 is 1.67 bits per heavy atom. The van der Waals surface area contributed by atoms with E-state index in [0.717, 1.165) is 12.8 Å². The highest BCUT2D eigenvalue weighted by Crippen LogP contribution is 2.16. The zero-order chi connectivity index (χ0) is 19.6. The first-order valence-electron chi connectivity index (χ1n) is 8.78. The number of anilines is 1. The van der Waals surface area contributed by atoms with Crippen LogP contribution in [0.15, 0.2) is 54.6 Å². The summed E-state index contributed by atoms with van der Waals surface area (Å²) in [6.45, 7) is 1.86. The maximum Gasteiger partial charge on any atom is 0.339 e. The number of esters is 1. The molecular weight excluding hydrogens is 344 g/mol. The molecule has 2 aromatic rings. The van der Waals surface area contributed by atoms with Crippen molar-refractivity contribution < 1.29 is 19.1 Å². The molecule has 0 atom stereocenters. The molecule has 2 amide bonds. The van der Waals surface area contributed by atoms with Gasteiger partial charge < -0.3 is 15.0 Å². The van der Waals surface area contributed by atoms with E-state index in [1.807, 2.05) is 30.3 Å². The number of para-hydroxylation sites is 1. The van der Waals surface area contributed by atoms with Gasteiger partial charge >= 0.3 is 5.97 Å². The lowest BCUT2D eigenvalue weighted by Crippen LogP contribution is -2.37. The van der Waals surface area contributed by atoms with Gasteiger partial charge in [-0.2, -0.15) is 0 Å². The van der Waals surface area contributed by atoms with Crippen LogP contribution in [0.3, 0.4) is 0 Å². The summed E-state index contributed by atoms with van der Waals surface area (Å²) in [6, 6.07) is 16.6. The maximum atomic E-state index is 12.4. The van der Waals surface area contributed by atoms with Crippen molar-refractivity contribution in [2.45, 2.75) is 19.8 Å². The minimum absolute atomic E-state index is 0.0698. The third-order valence-corrected chi connectivity index (χ3v) is 4.12. The molecule has 0 heterocycles. The highest BCUT2D eigenvalue weighted by molar-refractivity contribution is 6.02. The van der Waals surface area contributed by atoms with E-state index in [9.17, 15) is 14.4 Å². The molecule has 0 aliphatic heterocycles. The molecule has 0 fully saturated rings. The summed E-state index contributed by atoms with van der Waals surface area (Å²) in [5.41, 5.74) is 1.83. The molecule has 142 valence electrons. The highest BCUT2D eigenvalue weighted by Gasteiger charge is 2.17. The molecular formula is C21H24N2O4. The quantitative estimate of drug-likeness (QED) is 0.727. The molecule has 1 N–H and O–H groups in total. The summed E-state index contributed by atoms with van der Waals surface area (Å²) >= 11 is 0. The predicted molar refractivity (Wildman–Crippen MR) is 103 cm³/mol. The van der Waals surface area contributed by atoms with Gasteiger partial charge in [0.05, 0.1) is 24.9 Å². The number of hydrogen-bond donors (Lipinski definition) is 1. The second-order valence-corrected chi connectivity index (χ2v) is 6.12. The lowest BCUT2D eigenvalue weighted by atomic mass is 10.1. The zero-order valence-electron chi connectivity index (χ0n) is 15.6. The molecule has 0 aliphatic carbocycles. The van der Waals surface area contributed by atoms with Crippen molar-refractivity contribution in [3.05, 3.63) is 65.7 Å². The first-order chi connectivity index (χ1) is 13.0. The van der Waals surface area contributed by atoms with Crippen molar-refractivity contribution in [3.63, 3.8) is 0 Å². The smallest absolute Gasteiger partial charge is 0.339 e. The number of carbonyl (C=O) groups is 3. The summed E-state index contributed by atoms with van der Waals surface area (Å²) in [6.07, 6.45) is 1.59. The number of carbonyl (C=O) groups excluding carboxylic acids is 3. The van der Waals surface area contributed by atoms with Gasteiger partial charge in [0.25, 0.3) is 0 Å². The number of methoxy groups -OCH3 is 1. The normalized spacial score (nSPS) is 10.1. The van der Waals surface area contributed by atoms with Crippen LogP contribution in [0.4, 0.5) is 5.69 Å². The fourth-order valence-electron chi connectivity index (χ4n) is 2.71. The second kappa shape index (κ2) is 10.1. The minimum Gasteiger partial charge on any atom is -0.465 e. The van der Waals surface area contributed by atoms with Gasteiger partial charge in [0.1, 0.15) is 0 Å². The minimum atomic E-state index is -0.530. The summed E-state index contributed by atoms with van der Waals surface area (Å²) in [7, 11) is 1.28. The van der Waals surface area contributed by atoms with Crippen molar-refractivity contribution in [1.29, 1.82) is 0 Å². The third kappa shape index (κ3) is 6.26. The summed E-state index contributed by atoms with van der Waals surface area (Å²) in [5.74, 6) is -1.06. The molecule has 0 saturated carbocycles. The first-order valence-corrected chi connectivity index (χ1v) is 8.78. The van der Waals surface area contributed by atoms with Crippen LogP contribution in [-0.2, 0) is 20.7 Å². The standard InChI is InChI=1S/C21H24N2O4/c1-16(24)23(14-8-11-17-9-4-3-5-10-17)15-20(25)22-19-13-7-6-12-18(19)21(26)27-2/h3-7,9-10,12-13H,8,11,14-15H2,1-2H3,(H,22,25). The predicted octanol–water partition coefficient (Wildman–Crippen LogP) is 2.89. The Balaban J connectivity index is 1.93. The Morgan fingerprint density at radius 3 is 2.33 bits per heavy atom. The van der Waals surface area contributed by atoms with Crippen molar-refractivity contribution in [1.82, 2.24) is 4.90 Å². The van der Waals surface area contributed by atoms with Gasteiger partial charge in [-0.3, -0.25) is 9.59 Å². The van der Waals surface area contributed by atoms with Crippen LogP contribution in [-0.4, -0.2) is 42.9 Å². The zero-order valence-corrected chi connectivity index (χ0v) is 15.6. The van der Waals surface area contributed by atoms with Gasteiger partial charge in [-0.05, 0) is 30.5 Å². The van der Waals surface area contributed by atoms with E-state index in [1.54, 1.807) is 24.3 Å². The monoisotopic (exact) mass is 368 g/mol. The number of hydrogen-bond acceptors (Lipinski definition) is 4. The average Bonchev–Trinajstić information content (AvgIpc) is 2.67. The SMILES string of the molecule is COC(=O)c1ccccc1NC(=O)CN(CCCc1ccccc1)C(C)=O.